The van der Waals surface area contributed by atoms with Crippen LogP contribution < -0.4 is 4.74 Å². The minimum atomic E-state index is 0.0554. The zero-order valence-electron chi connectivity index (χ0n) is 13.7. The number of ether oxygens (including phenoxy) is 1. The smallest absolute Gasteiger partial charge is 0.258 e. The number of hydrogen-bond donors (Lipinski definition) is 0. The van der Waals surface area contributed by atoms with Gasteiger partial charge in [0, 0.05) is 31.4 Å². The van der Waals surface area contributed by atoms with Crippen LogP contribution in [0.2, 0.25) is 0 Å². The fraction of sp³-hybridized carbons (Fsp3) is 0.529. The fourth-order valence-corrected chi connectivity index (χ4v) is 3.89. The van der Waals surface area contributed by atoms with Crippen LogP contribution in [0.15, 0.2) is 24.5 Å². The zero-order chi connectivity index (χ0) is 16.0. The van der Waals surface area contributed by atoms with Gasteiger partial charge in [0.25, 0.3) is 5.91 Å². The Morgan fingerprint density at radius 2 is 2.00 bits per heavy atom. The predicted octanol–water partition coefficient (Wildman–Crippen LogP) is 1.65. The van der Waals surface area contributed by atoms with Gasteiger partial charge in [-0.3, -0.25) is 4.79 Å². The molecule has 6 heteroatoms. The van der Waals surface area contributed by atoms with Gasteiger partial charge in [0.15, 0.2) is 0 Å². The SMILES string of the molecule is COc1cccn2ncc(C(=O)N3CCC34CCN(C)CC4)c12. The second kappa shape index (κ2) is 5.23. The Balaban J connectivity index is 1.68. The van der Waals surface area contributed by atoms with Crippen LogP contribution in [0.3, 0.4) is 0 Å². The molecule has 23 heavy (non-hydrogen) atoms. The second-order valence-corrected chi connectivity index (χ2v) is 6.66. The predicted molar refractivity (Wildman–Crippen MR) is 86.9 cm³/mol. The molecule has 0 unspecified atom stereocenters. The Kier molecular flexibility index (Phi) is 3.30. The number of carbonyl (C=O) groups is 1. The van der Waals surface area contributed by atoms with E-state index in [9.17, 15) is 4.79 Å². The molecule has 0 saturated carbocycles. The van der Waals surface area contributed by atoms with E-state index in [1.54, 1.807) is 17.8 Å². The number of pyridine rings is 1. The molecule has 4 heterocycles. The van der Waals surface area contributed by atoms with Crippen molar-refractivity contribution in [1.29, 1.82) is 0 Å². The van der Waals surface area contributed by atoms with Gasteiger partial charge >= 0.3 is 0 Å². The average Bonchev–Trinajstić information content (AvgIpc) is 2.98. The highest BCUT2D eigenvalue weighted by atomic mass is 16.5. The van der Waals surface area contributed by atoms with Crippen LogP contribution in [0.5, 0.6) is 5.75 Å². The number of amides is 1. The highest BCUT2D eigenvalue weighted by Crippen LogP contribution is 2.41. The number of fused-ring (bicyclic) bond motifs is 1. The Labute approximate surface area is 135 Å². The highest BCUT2D eigenvalue weighted by molar-refractivity contribution is 6.02. The van der Waals surface area contributed by atoms with Crippen molar-refractivity contribution in [3.05, 3.63) is 30.1 Å². The molecule has 0 atom stereocenters. The minimum absolute atomic E-state index is 0.0554. The number of nitrogens with zero attached hydrogens (tertiary/aromatic N) is 4. The number of likely N-dealkylation sites (tertiary alicyclic amines) is 2. The number of carbonyl (C=O) groups excluding carboxylic acids is 1. The van der Waals surface area contributed by atoms with Crippen LogP contribution in [0.25, 0.3) is 5.52 Å². The first kappa shape index (κ1) is 14.5. The molecular weight excluding hydrogens is 292 g/mol. The van der Waals surface area contributed by atoms with Crippen molar-refractivity contribution < 1.29 is 9.53 Å². The summed E-state index contributed by atoms with van der Waals surface area (Å²) in [6, 6.07) is 3.74. The largest absolute Gasteiger partial charge is 0.494 e. The van der Waals surface area contributed by atoms with Crippen molar-refractivity contribution in [3.63, 3.8) is 0 Å². The Morgan fingerprint density at radius 3 is 2.65 bits per heavy atom. The lowest BCUT2D eigenvalue weighted by molar-refractivity contribution is -0.0349. The Morgan fingerprint density at radius 1 is 1.26 bits per heavy atom. The lowest BCUT2D eigenvalue weighted by Gasteiger charge is -2.56. The van der Waals surface area contributed by atoms with E-state index in [-0.39, 0.29) is 11.4 Å². The van der Waals surface area contributed by atoms with E-state index in [1.807, 2.05) is 18.3 Å². The van der Waals surface area contributed by atoms with Crippen molar-refractivity contribution >= 4 is 11.4 Å². The maximum absolute atomic E-state index is 13.1. The van der Waals surface area contributed by atoms with Gasteiger partial charge in [0.2, 0.25) is 0 Å². The summed E-state index contributed by atoms with van der Waals surface area (Å²) >= 11 is 0. The van der Waals surface area contributed by atoms with Crippen molar-refractivity contribution in [2.45, 2.75) is 24.8 Å². The van der Waals surface area contributed by atoms with Crippen molar-refractivity contribution in [3.8, 4) is 5.75 Å². The lowest BCUT2D eigenvalue weighted by atomic mass is 9.76. The van der Waals surface area contributed by atoms with E-state index >= 15 is 0 Å². The molecule has 2 aliphatic rings. The number of aromatic nitrogens is 2. The van der Waals surface area contributed by atoms with Crippen LogP contribution in [0.1, 0.15) is 29.6 Å². The third-order valence-electron chi connectivity index (χ3n) is 5.49. The summed E-state index contributed by atoms with van der Waals surface area (Å²) in [6.07, 6.45) is 6.75. The lowest BCUT2D eigenvalue weighted by Crippen LogP contribution is -2.65. The summed E-state index contributed by atoms with van der Waals surface area (Å²) in [5, 5.41) is 4.32. The van der Waals surface area contributed by atoms with Gasteiger partial charge in [-0.2, -0.15) is 5.10 Å². The third-order valence-corrected chi connectivity index (χ3v) is 5.49. The van der Waals surface area contributed by atoms with Gasteiger partial charge in [0.05, 0.1) is 18.9 Å². The van der Waals surface area contributed by atoms with Crippen LogP contribution in [0, 0.1) is 0 Å². The van der Waals surface area contributed by atoms with E-state index in [0.717, 1.165) is 44.4 Å². The Bertz CT molecular complexity index is 746. The minimum Gasteiger partial charge on any atom is -0.494 e. The number of rotatable bonds is 2. The number of hydrogen-bond acceptors (Lipinski definition) is 4. The molecule has 6 nitrogen and oxygen atoms in total. The summed E-state index contributed by atoms with van der Waals surface area (Å²) in [5.41, 5.74) is 1.45. The number of piperidine rings is 1. The molecule has 1 spiro atoms. The molecule has 2 aromatic heterocycles. The van der Waals surface area contributed by atoms with E-state index in [0.29, 0.717) is 11.3 Å². The van der Waals surface area contributed by atoms with E-state index in [1.165, 1.54) is 0 Å². The molecule has 2 fully saturated rings. The maximum Gasteiger partial charge on any atom is 0.258 e. The van der Waals surface area contributed by atoms with Gasteiger partial charge in [-0.15, -0.1) is 0 Å². The number of methoxy groups -OCH3 is 1. The summed E-state index contributed by atoms with van der Waals surface area (Å²) in [5.74, 6) is 0.770. The average molecular weight is 314 g/mol. The van der Waals surface area contributed by atoms with E-state index in [4.69, 9.17) is 4.74 Å². The van der Waals surface area contributed by atoms with Gasteiger partial charge < -0.3 is 14.5 Å². The summed E-state index contributed by atoms with van der Waals surface area (Å²) in [6.45, 7) is 2.96. The summed E-state index contributed by atoms with van der Waals surface area (Å²) in [4.78, 5) is 17.5. The van der Waals surface area contributed by atoms with Gasteiger partial charge in [-0.05, 0) is 38.4 Å². The van der Waals surface area contributed by atoms with Crippen LogP contribution in [-0.4, -0.2) is 64.7 Å². The summed E-state index contributed by atoms with van der Waals surface area (Å²) < 4.78 is 7.14. The fourth-order valence-electron chi connectivity index (χ4n) is 3.89. The van der Waals surface area contributed by atoms with Crippen LogP contribution in [-0.2, 0) is 0 Å². The van der Waals surface area contributed by atoms with Gasteiger partial charge in [-0.1, -0.05) is 0 Å². The molecule has 0 aromatic carbocycles. The van der Waals surface area contributed by atoms with Crippen molar-refractivity contribution in [2.75, 3.05) is 33.8 Å². The first-order chi connectivity index (χ1) is 11.1. The molecule has 0 N–H and O–H groups in total. The Hall–Kier alpha value is -2.08. The molecular formula is C17H22N4O2. The van der Waals surface area contributed by atoms with E-state index in [2.05, 4.69) is 21.9 Å². The highest BCUT2D eigenvalue weighted by Gasteiger charge is 2.49. The molecule has 1 amide bonds. The quantitative estimate of drug-likeness (QED) is 0.846. The first-order valence-electron chi connectivity index (χ1n) is 8.15. The zero-order valence-corrected chi connectivity index (χ0v) is 13.7. The third kappa shape index (κ3) is 2.12. The summed E-state index contributed by atoms with van der Waals surface area (Å²) in [7, 11) is 3.77. The molecule has 2 saturated heterocycles. The van der Waals surface area contributed by atoms with E-state index < -0.39 is 0 Å². The van der Waals surface area contributed by atoms with Gasteiger partial charge in [-0.25, -0.2) is 4.52 Å². The standard InChI is InChI=1S/C17H22N4O2/c1-19-9-5-17(6-10-19)7-11-20(17)16(22)13-12-18-21-8-3-4-14(23-2)15(13)21/h3-4,8,12H,5-7,9-11H2,1-2H3. The molecule has 0 bridgehead atoms. The molecule has 122 valence electrons. The van der Waals surface area contributed by atoms with Crippen molar-refractivity contribution in [1.82, 2.24) is 19.4 Å². The molecule has 2 aromatic rings. The molecule has 0 aliphatic carbocycles. The maximum atomic E-state index is 13.1. The van der Waals surface area contributed by atoms with Crippen LogP contribution in [0.4, 0.5) is 0 Å². The monoisotopic (exact) mass is 314 g/mol. The second-order valence-electron chi connectivity index (χ2n) is 6.66. The molecule has 0 radical (unpaired) electrons. The topological polar surface area (TPSA) is 50.1 Å². The van der Waals surface area contributed by atoms with Crippen molar-refractivity contribution in [2.24, 2.45) is 0 Å². The normalized spacial score (nSPS) is 20.7. The first-order valence-corrected chi connectivity index (χ1v) is 8.15. The van der Waals surface area contributed by atoms with Gasteiger partial charge in [0.1, 0.15) is 11.3 Å². The molecule has 2 aliphatic heterocycles. The van der Waals surface area contributed by atoms with Crippen LogP contribution >= 0.6 is 0 Å². The molecule has 4 rings (SSSR count).